The van der Waals surface area contributed by atoms with Crippen molar-refractivity contribution in [3.63, 3.8) is 0 Å². The molecule has 96 valence electrons. The number of rotatable bonds is 3. The van der Waals surface area contributed by atoms with E-state index in [1.165, 1.54) is 0 Å². The van der Waals surface area contributed by atoms with Crippen molar-refractivity contribution in [3.8, 4) is 11.5 Å². The number of ether oxygens (including phenoxy) is 2. The Morgan fingerprint density at radius 1 is 1.33 bits per heavy atom. The third kappa shape index (κ3) is 1.62. The molecule has 0 unspecified atom stereocenters. The molecular formula is C13H17N3O2. The predicted molar refractivity (Wildman–Crippen MR) is 69.0 cm³/mol. The summed E-state index contributed by atoms with van der Waals surface area (Å²) in [6, 6.07) is 3.93. The number of nitrogens with two attached hydrogens (primary N) is 1. The Morgan fingerprint density at radius 3 is 2.72 bits per heavy atom. The van der Waals surface area contributed by atoms with Crippen LogP contribution in [-0.4, -0.2) is 22.9 Å². The first-order chi connectivity index (χ1) is 8.70. The van der Waals surface area contributed by atoms with Gasteiger partial charge in [-0.2, -0.15) is 0 Å². The Morgan fingerprint density at radius 2 is 2.06 bits per heavy atom. The normalized spacial score (nSPS) is 13.8. The SMILES string of the molecule is CC(C)c1nc2cc3c(cc2n1CCN)OCO3. The highest BCUT2D eigenvalue weighted by molar-refractivity contribution is 5.81. The molecule has 18 heavy (non-hydrogen) atoms. The van der Waals surface area contributed by atoms with Crippen molar-refractivity contribution < 1.29 is 9.47 Å². The van der Waals surface area contributed by atoms with Gasteiger partial charge in [-0.05, 0) is 0 Å². The summed E-state index contributed by atoms with van der Waals surface area (Å²) in [6.45, 7) is 5.92. The van der Waals surface area contributed by atoms with Crippen molar-refractivity contribution in [3.05, 3.63) is 18.0 Å². The lowest BCUT2D eigenvalue weighted by molar-refractivity contribution is 0.174. The van der Waals surface area contributed by atoms with Crippen LogP contribution >= 0.6 is 0 Å². The smallest absolute Gasteiger partial charge is 0.231 e. The minimum atomic E-state index is 0.288. The number of nitrogens with zero attached hydrogens (tertiary/aromatic N) is 2. The fourth-order valence-electron chi connectivity index (χ4n) is 2.34. The summed E-state index contributed by atoms with van der Waals surface area (Å²) in [5.41, 5.74) is 7.69. The molecular weight excluding hydrogens is 230 g/mol. The number of benzene rings is 1. The van der Waals surface area contributed by atoms with Crippen molar-refractivity contribution in [1.82, 2.24) is 9.55 Å². The molecule has 0 atom stereocenters. The van der Waals surface area contributed by atoms with Crippen molar-refractivity contribution in [1.29, 1.82) is 0 Å². The summed E-state index contributed by atoms with van der Waals surface area (Å²) >= 11 is 0. The maximum absolute atomic E-state index is 5.69. The molecule has 1 aliphatic rings. The number of hydrogen-bond donors (Lipinski definition) is 1. The van der Waals surface area contributed by atoms with Crippen LogP contribution in [0, 0.1) is 0 Å². The van der Waals surface area contributed by atoms with Crippen molar-refractivity contribution in [2.45, 2.75) is 26.3 Å². The molecule has 0 radical (unpaired) electrons. The highest BCUT2D eigenvalue weighted by atomic mass is 16.7. The van der Waals surface area contributed by atoms with Crippen molar-refractivity contribution >= 4 is 11.0 Å². The average Bonchev–Trinajstić information content (AvgIpc) is 2.91. The highest BCUT2D eigenvalue weighted by Gasteiger charge is 2.19. The molecule has 0 spiro atoms. The Kier molecular flexibility index (Phi) is 2.63. The minimum Gasteiger partial charge on any atom is -0.454 e. The summed E-state index contributed by atoms with van der Waals surface area (Å²) in [4.78, 5) is 4.68. The largest absolute Gasteiger partial charge is 0.454 e. The van der Waals surface area contributed by atoms with Crippen molar-refractivity contribution in [2.24, 2.45) is 5.73 Å². The van der Waals surface area contributed by atoms with E-state index in [1.54, 1.807) is 0 Å². The maximum atomic E-state index is 5.69. The van der Waals surface area contributed by atoms with Gasteiger partial charge in [0, 0.05) is 31.1 Å². The highest BCUT2D eigenvalue weighted by Crippen LogP contribution is 2.36. The molecule has 0 aliphatic carbocycles. The third-order valence-corrected chi connectivity index (χ3v) is 3.14. The van der Waals surface area contributed by atoms with Gasteiger partial charge in [0.15, 0.2) is 11.5 Å². The summed E-state index contributed by atoms with van der Waals surface area (Å²) in [5, 5.41) is 0. The quantitative estimate of drug-likeness (QED) is 0.899. The first kappa shape index (κ1) is 11.3. The van der Waals surface area contributed by atoms with Gasteiger partial charge >= 0.3 is 0 Å². The lowest BCUT2D eigenvalue weighted by Crippen LogP contribution is -2.13. The molecule has 2 N–H and O–H groups in total. The molecule has 1 aromatic heterocycles. The number of hydrogen-bond acceptors (Lipinski definition) is 4. The van der Waals surface area contributed by atoms with Gasteiger partial charge in [-0.3, -0.25) is 0 Å². The lowest BCUT2D eigenvalue weighted by Gasteiger charge is -2.09. The van der Waals surface area contributed by atoms with E-state index in [1.807, 2.05) is 12.1 Å². The van der Waals surface area contributed by atoms with Gasteiger partial charge in [-0.1, -0.05) is 13.8 Å². The molecule has 1 aliphatic heterocycles. The van der Waals surface area contributed by atoms with Crippen molar-refractivity contribution in [2.75, 3.05) is 13.3 Å². The molecule has 0 amide bonds. The first-order valence-corrected chi connectivity index (χ1v) is 6.20. The van der Waals surface area contributed by atoms with Crippen LogP contribution in [0.4, 0.5) is 0 Å². The monoisotopic (exact) mass is 247 g/mol. The first-order valence-electron chi connectivity index (χ1n) is 6.20. The minimum absolute atomic E-state index is 0.288. The average molecular weight is 247 g/mol. The van der Waals surface area contributed by atoms with Gasteiger partial charge in [-0.15, -0.1) is 0 Å². The van der Waals surface area contributed by atoms with E-state index < -0.39 is 0 Å². The van der Waals surface area contributed by atoms with Gasteiger partial charge in [-0.25, -0.2) is 4.98 Å². The second-order valence-corrected chi connectivity index (χ2v) is 4.76. The maximum Gasteiger partial charge on any atom is 0.231 e. The van der Waals surface area contributed by atoms with E-state index >= 15 is 0 Å². The standard InChI is InChI=1S/C13H17N3O2/c1-8(2)13-15-9-5-11-12(18-7-17-11)6-10(9)16(13)4-3-14/h5-6,8H,3-4,7,14H2,1-2H3. The predicted octanol–water partition coefficient (Wildman–Crippen LogP) is 1.85. The molecule has 0 fully saturated rings. The molecule has 0 bridgehead atoms. The summed E-state index contributed by atoms with van der Waals surface area (Å²) < 4.78 is 13.0. The topological polar surface area (TPSA) is 62.3 Å². The van der Waals surface area contributed by atoms with E-state index in [0.29, 0.717) is 12.5 Å². The van der Waals surface area contributed by atoms with Gasteiger partial charge in [0.2, 0.25) is 6.79 Å². The van der Waals surface area contributed by atoms with E-state index in [0.717, 1.165) is 34.9 Å². The van der Waals surface area contributed by atoms with Crippen LogP contribution in [0.5, 0.6) is 11.5 Å². The van der Waals surface area contributed by atoms with Crippen LogP contribution in [0.1, 0.15) is 25.6 Å². The number of imidazole rings is 1. The van der Waals surface area contributed by atoms with Crippen LogP contribution in [0.2, 0.25) is 0 Å². The van der Waals surface area contributed by atoms with Gasteiger partial charge in [0.25, 0.3) is 0 Å². The van der Waals surface area contributed by atoms with Crippen LogP contribution in [-0.2, 0) is 6.54 Å². The van der Waals surface area contributed by atoms with Crippen LogP contribution in [0.3, 0.4) is 0 Å². The molecule has 5 nitrogen and oxygen atoms in total. The van der Waals surface area contributed by atoms with Gasteiger partial charge < -0.3 is 19.8 Å². The van der Waals surface area contributed by atoms with E-state index in [4.69, 9.17) is 15.2 Å². The molecule has 5 heteroatoms. The molecule has 2 aromatic rings. The zero-order valence-electron chi connectivity index (χ0n) is 10.6. The second kappa shape index (κ2) is 4.17. The summed E-state index contributed by atoms with van der Waals surface area (Å²) in [6.07, 6.45) is 0. The number of fused-ring (bicyclic) bond motifs is 2. The Labute approximate surface area is 106 Å². The van der Waals surface area contributed by atoms with Gasteiger partial charge in [0.1, 0.15) is 5.82 Å². The van der Waals surface area contributed by atoms with E-state index in [-0.39, 0.29) is 6.79 Å². The fraction of sp³-hybridized carbons (Fsp3) is 0.462. The summed E-state index contributed by atoms with van der Waals surface area (Å²) in [7, 11) is 0. The Hall–Kier alpha value is -1.75. The lowest BCUT2D eigenvalue weighted by atomic mass is 10.2. The van der Waals surface area contributed by atoms with E-state index in [9.17, 15) is 0 Å². The zero-order chi connectivity index (χ0) is 12.7. The molecule has 0 saturated heterocycles. The molecule has 3 rings (SSSR count). The Balaban J connectivity index is 2.22. The molecule has 1 aromatic carbocycles. The fourth-order valence-corrected chi connectivity index (χ4v) is 2.34. The zero-order valence-corrected chi connectivity index (χ0v) is 10.6. The number of aromatic nitrogens is 2. The summed E-state index contributed by atoms with van der Waals surface area (Å²) in [5.74, 6) is 2.98. The van der Waals surface area contributed by atoms with Crippen LogP contribution in [0.25, 0.3) is 11.0 Å². The second-order valence-electron chi connectivity index (χ2n) is 4.76. The third-order valence-electron chi connectivity index (χ3n) is 3.14. The van der Waals surface area contributed by atoms with Crippen LogP contribution in [0.15, 0.2) is 12.1 Å². The molecule has 2 heterocycles. The van der Waals surface area contributed by atoms with E-state index in [2.05, 4.69) is 23.4 Å². The van der Waals surface area contributed by atoms with Gasteiger partial charge in [0.05, 0.1) is 11.0 Å². The molecule has 0 saturated carbocycles. The Bertz CT molecular complexity index is 589. The van der Waals surface area contributed by atoms with Crippen LogP contribution < -0.4 is 15.2 Å².